The van der Waals surface area contributed by atoms with Crippen molar-refractivity contribution in [1.29, 1.82) is 0 Å². The summed E-state index contributed by atoms with van der Waals surface area (Å²) in [6.07, 6.45) is 0.662. The molecule has 12 heteroatoms. The van der Waals surface area contributed by atoms with E-state index in [2.05, 4.69) is 5.32 Å². The number of nitrogens with zero attached hydrogens (tertiary/aromatic N) is 2. The van der Waals surface area contributed by atoms with Crippen LogP contribution >= 0.6 is 0 Å². The lowest BCUT2D eigenvalue weighted by atomic mass is 10.1. The first-order valence-electron chi connectivity index (χ1n) is 14.3. The van der Waals surface area contributed by atoms with Crippen LogP contribution in [0.2, 0.25) is 0 Å². The van der Waals surface area contributed by atoms with E-state index in [9.17, 15) is 22.4 Å². The van der Waals surface area contributed by atoms with Crippen LogP contribution in [0.3, 0.4) is 0 Å². The Bertz CT molecular complexity index is 1530. The lowest BCUT2D eigenvalue weighted by Crippen LogP contribution is -2.52. The quantitative estimate of drug-likeness (QED) is 0.258. The van der Waals surface area contributed by atoms with Crippen LogP contribution in [0.5, 0.6) is 17.2 Å². The molecule has 0 aliphatic rings. The number of sulfonamides is 1. The van der Waals surface area contributed by atoms with Crippen LogP contribution in [0, 0.1) is 5.82 Å². The van der Waals surface area contributed by atoms with Crippen molar-refractivity contribution in [1.82, 2.24) is 10.2 Å². The molecule has 3 aromatic carbocycles. The largest absolute Gasteiger partial charge is 0.494 e. The van der Waals surface area contributed by atoms with E-state index in [1.165, 1.54) is 74.6 Å². The fourth-order valence-electron chi connectivity index (χ4n) is 4.37. The highest BCUT2D eigenvalue weighted by atomic mass is 32.2. The molecule has 0 bridgehead atoms. The molecule has 0 aliphatic carbocycles. The maximum absolute atomic E-state index is 14.7. The van der Waals surface area contributed by atoms with E-state index in [0.29, 0.717) is 24.5 Å². The summed E-state index contributed by atoms with van der Waals surface area (Å²) in [6, 6.07) is 15.1. The van der Waals surface area contributed by atoms with Crippen molar-refractivity contribution < 1.29 is 36.6 Å². The van der Waals surface area contributed by atoms with E-state index < -0.39 is 40.2 Å². The van der Waals surface area contributed by atoms with Crippen molar-refractivity contribution in [2.24, 2.45) is 0 Å². The van der Waals surface area contributed by atoms with Crippen molar-refractivity contribution in [2.75, 3.05) is 31.7 Å². The molecular formula is C32H40FN3O7S. The standard InChI is InChI=1S/C32H40FN3O7S/c1-7-22(3)34-32(38)23(4)35(20-24-11-9-10-12-28(24)33)31(37)21-36(25-13-15-26(16-14-25)43-8-2)44(39,40)27-17-18-29(41-5)30(19-27)42-6/h9-19,22-23H,7-8,20-21H2,1-6H3,(H,34,38). The Kier molecular flexibility index (Phi) is 12.0. The molecule has 0 spiro atoms. The monoisotopic (exact) mass is 629 g/mol. The third-order valence-electron chi connectivity index (χ3n) is 7.12. The minimum Gasteiger partial charge on any atom is -0.494 e. The summed E-state index contributed by atoms with van der Waals surface area (Å²) in [6.45, 7) is 6.56. The van der Waals surface area contributed by atoms with Crippen LogP contribution in [-0.2, 0) is 26.2 Å². The summed E-state index contributed by atoms with van der Waals surface area (Å²) in [5.74, 6) is -0.684. The van der Waals surface area contributed by atoms with Crippen LogP contribution in [0.25, 0.3) is 0 Å². The second-order valence-corrected chi connectivity index (χ2v) is 11.9. The van der Waals surface area contributed by atoms with Gasteiger partial charge in [-0.15, -0.1) is 0 Å². The van der Waals surface area contributed by atoms with Gasteiger partial charge in [-0.25, -0.2) is 12.8 Å². The van der Waals surface area contributed by atoms with E-state index >= 15 is 0 Å². The first kappa shape index (κ1) is 34.2. The summed E-state index contributed by atoms with van der Waals surface area (Å²) in [4.78, 5) is 28.3. The minimum atomic E-state index is -4.38. The molecular weight excluding hydrogens is 589 g/mol. The summed E-state index contributed by atoms with van der Waals surface area (Å²) in [7, 11) is -1.57. The van der Waals surface area contributed by atoms with Gasteiger partial charge in [0, 0.05) is 24.2 Å². The molecule has 2 unspecified atom stereocenters. The molecule has 3 rings (SSSR count). The van der Waals surface area contributed by atoms with E-state index in [4.69, 9.17) is 14.2 Å². The summed E-state index contributed by atoms with van der Waals surface area (Å²) in [5.41, 5.74) is 0.360. The number of ether oxygens (including phenoxy) is 3. The van der Waals surface area contributed by atoms with Crippen molar-refractivity contribution >= 4 is 27.5 Å². The topological polar surface area (TPSA) is 114 Å². The van der Waals surface area contributed by atoms with Crippen molar-refractivity contribution in [3.8, 4) is 17.2 Å². The van der Waals surface area contributed by atoms with Crippen molar-refractivity contribution in [3.05, 3.63) is 78.1 Å². The van der Waals surface area contributed by atoms with Gasteiger partial charge in [-0.05, 0) is 69.7 Å². The Morgan fingerprint density at radius 3 is 2.18 bits per heavy atom. The number of carbonyl (C=O) groups is 2. The normalized spacial score (nSPS) is 12.5. The van der Waals surface area contributed by atoms with Gasteiger partial charge in [0.2, 0.25) is 11.8 Å². The SMILES string of the molecule is CCOc1ccc(N(CC(=O)N(Cc2ccccc2F)C(C)C(=O)NC(C)CC)S(=O)(=O)c2ccc(OC)c(OC)c2)cc1. The van der Waals surface area contributed by atoms with Crippen LogP contribution in [-0.4, -0.2) is 64.6 Å². The molecule has 0 aromatic heterocycles. The van der Waals surface area contributed by atoms with Crippen LogP contribution in [0.1, 0.15) is 39.7 Å². The number of anilines is 1. The Morgan fingerprint density at radius 2 is 1.59 bits per heavy atom. The molecule has 3 aromatic rings. The van der Waals surface area contributed by atoms with Gasteiger partial charge in [0.15, 0.2) is 11.5 Å². The molecule has 0 fully saturated rings. The fourth-order valence-corrected chi connectivity index (χ4v) is 5.80. The Hall–Kier alpha value is -4.32. The van der Waals surface area contributed by atoms with Gasteiger partial charge in [0.05, 0.1) is 31.4 Å². The van der Waals surface area contributed by atoms with Gasteiger partial charge in [-0.3, -0.25) is 13.9 Å². The lowest BCUT2D eigenvalue weighted by molar-refractivity contribution is -0.139. The van der Waals surface area contributed by atoms with Crippen molar-refractivity contribution in [3.63, 3.8) is 0 Å². The molecule has 10 nitrogen and oxygen atoms in total. The van der Waals surface area contributed by atoms with Gasteiger partial charge in [-0.2, -0.15) is 0 Å². The Balaban J connectivity index is 2.09. The average molecular weight is 630 g/mol. The van der Waals surface area contributed by atoms with Gasteiger partial charge in [0.1, 0.15) is 24.2 Å². The maximum atomic E-state index is 14.7. The molecule has 0 saturated heterocycles. The first-order chi connectivity index (χ1) is 21.0. The fraction of sp³-hybridized carbons (Fsp3) is 0.375. The van der Waals surface area contributed by atoms with Gasteiger partial charge in [-0.1, -0.05) is 25.1 Å². The lowest BCUT2D eigenvalue weighted by Gasteiger charge is -2.32. The van der Waals surface area contributed by atoms with E-state index in [1.807, 2.05) is 20.8 Å². The molecule has 0 saturated carbocycles. The second kappa shape index (κ2) is 15.4. The van der Waals surface area contributed by atoms with Gasteiger partial charge in [0.25, 0.3) is 10.0 Å². The molecule has 2 atom stereocenters. The number of hydrogen-bond acceptors (Lipinski definition) is 7. The summed E-state index contributed by atoms with van der Waals surface area (Å²) in [5, 5.41) is 2.85. The summed E-state index contributed by atoms with van der Waals surface area (Å²) >= 11 is 0. The maximum Gasteiger partial charge on any atom is 0.264 e. The molecule has 2 amide bonds. The number of halogens is 1. The molecule has 44 heavy (non-hydrogen) atoms. The predicted octanol–water partition coefficient (Wildman–Crippen LogP) is 4.77. The van der Waals surface area contributed by atoms with E-state index in [0.717, 1.165) is 4.31 Å². The number of hydrogen-bond donors (Lipinski definition) is 1. The molecule has 0 radical (unpaired) electrons. The van der Waals surface area contributed by atoms with Gasteiger partial charge >= 0.3 is 0 Å². The summed E-state index contributed by atoms with van der Waals surface area (Å²) < 4.78 is 60.1. The Morgan fingerprint density at radius 1 is 0.932 bits per heavy atom. The number of amides is 2. The van der Waals surface area contributed by atoms with Gasteiger partial charge < -0.3 is 24.4 Å². The third kappa shape index (κ3) is 8.19. The number of methoxy groups -OCH3 is 2. The van der Waals surface area contributed by atoms with E-state index in [1.54, 1.807) is 18.2 Å². The van der Waals surface area contributed by atoms with E-state index in [-0.39, 0.29) is 34.5 Å². The predicted molar refractivity (Wildman–Crippen MR) is 166 cm³/mol. The van der Waals surface area contributed by atoms with Crippen LogP contribution in [0.15, 0.2) is 71.6 Å². The number of rotatable bonds is 15. The number of nitrogens with one attached hydrogen (secondary N) is 1. The third-order valence-corrected chi connectivity index (χ3v) is 8.89. The van der Waals surface area contributed by atoms with Crippen LogP contribution in [0.4, 0.5) is 10.1 Å². The molecule has 0 aliphatic heterocycles. The average Bonchev–Trinajstić information content (AvgIpc) is 3.02. The zero-order valence-corrected chi connectivity index (χ0v) is 26.7. The van der Waals surface area contributed by atoms with Crippen LogP contribution < -0.4 is 23.8 Å². The minimum absolute atomic E-state index is 0.153. The second-order valence-electron chi connectivity index (χ2n) is 10.1. The zero-order valence-electron chi connectivity index (χ0n) is 25.9. The highest BCUT2D eigenvalue weighted by Gasteiger charge is 2.33. The smallest absolute Gasteiger partial charge is 0.264 e. The number of carbonyl (C=O) groups excluding carboxylic acids is 2. The highest BCUT2D eigenvalue weighted by molar-refractivity contribution is 7.92. The molecule has 1 N–H and O–H groups in total. The zero-order chi connectivity index (χ0) is 32.4. The molecule has 0 heterocycles. The molecule has 238 valence electrons. The first-order valence-corrected chi connectivity index (χ1v) is 15.7. The van der Waals surface area contributed by atoms with Crippen molar-refractivity contribution in [2.45, 2.75) is 57.6 Å². The highest BCUT2D eigenvalue weighted by Crippen LogP contribution is 2.33. The number of benzene rings is 3. The Labute approximate surface area is 258 Å².